The summed E-state index contributed by atoms with van der Waals surface area (Å²) in [5.41, 5.74) is 2.01. The van der Waals surface area contributed by atoms with E-state index in [1.807, 2.05) is 18.2 Å². The third-order valence-electron chi connectivity index (χ3n) is 2.97. The number of pyridine rings is 1. The highest BCUT2D eigenvalue weighted by atomic mass is 79.9. The van der Waals surface area contributed by atoms with Crippen LogP contribution >= 0.6 is 15.9 Å². The predicted octanol–water partition coefficient (Wildman–Crippen LogP) is 1.75. The number of rotatable bonds is 4. The second-order valence-electron chi connectivity index (χ2n) is 4.46. The molecule has 2 heterocycles. The van der Waals surface area contributed by atoms with E-state index in [9.17, 15) is 4.79 Å². The summed E-state index contributed by atoms with van der Waals surface area (Å²) in [7, 11) is 0. The molecule has 0 fully saturated rings. The summed E-state index contributed by atoms with van der Waals surface area (Å²) in [6.07, 6.45) is 4.85. The van der Waals surface area contributed by atoms with Gasteiger partial charge in [-0.1, -0.05) is 22.0 Å². The quantitative estimate of drug-likeness (QED) is 0.767. The molecule has 1 N–H and O–H groups in total. The van der Waals surface area contributed by atoms with Crippen molar-refractivity contribution in [2.75, 3.05) is 0 Å². The molecule has 0 saturated heterocycles. The normalized spacial score (nSPS) is 10.4. The highest BCUT2D eigenvalue weighted by molar-refractivity contribution is 9.10. The number of tetrazole rings is 1. The molecular weight excluding hydrogens is 348 g/mol. The molecule has 0 aliphatic heterocycles. The van der Waals surface area contributed by atoms with E-state index in [2.05, 4.69) is 41.8 Å². The summed E-state index contributed by atoms with van der Waals surface area (Å²) in [4.78, 5) is 16.5. The summed E-state index contributed by atoms with van der Waals surface area (Å²) in [6.45, 7) is 0.397. The molecule has 22 heavy (non-hydrogen) atoms. The first-order valence-electron chi connectivity index (χ1n) is 6.44. The number of aromatic nitrogens is 5. The van der Waals surface area contributed by atoms with Crippen LogP contribution in [0, 0.1) is 0 Å². The number of carbonyl (C=O) groups is 1. The first kappa shape index (κ1) is 14.3. The van der Waals surface area contributed by atoms with E-state index in [0.717, 1.165) is 10.0 Å². The maximum atomic E-state index is 12.5. The van der Waals surface area contributed by atoms with E-state index in [1.54, 1.807) is 24.5 Å². The fourth-order valence-corrected chi connectivity index (χ4v) is 2.30. The van der Waals surface area contributed by atoms with Crippen LogP contribution in [0.1, 0.15) is 15.9 Å². The van der Waals surface area contributed by atoms with E-state index >= 15 is 0 Å². The van der Waals surface area contributed by atoms with Gasteiger partial charge >= 0.3 is 0 Å². The molecule has 3 aromatic rings. The zero-order chi connectivity index (χ0) is 15.4. The molecule has 0 unspecified atom stereocenters. The Morgan fingerprint density at radius 2 is 2.23 bits per heavy atom. The number of carbonyl (C=O) groups excluding carboxylic acids is 1. The van der Waals surface area contributed by atoms with Crippen molar-refractivity contribution in [1.29, 1.82) is 0 Å². The SMILES string of the molecule is O=C(NCc1cccnc1)c1cc(Br)ccc1-n1cnnn1. The van der Waals surface area contributed by atoms with Crippen LogP contribution in [0.15, 0.2) is 53.5 Å². The Labute approximate surface area is 134 Å². The molecule has 0 aliphatic carbocycles. The Bertz CT molecular complexity index is 775. The molecule has 0 bridgehead atoms. The molecule has 0 aliphatic rings. The van der Waals surface area contributed by atoms with Crippen molar-refractivity contribution in [3.8, 4) is 5.69 Å². The van der Waals surface area contributed by atoms with Gasteiger partial charge < -0.3 is 5.32 Å². The van der Waals surface area contributed by atoms with Gasteiger partial charge in [0.15, 0.2) is 0 Å². The lowest BCUT2D eigenvalue weighted by Crippen LogP contribution is -2.24. The van der Waals surface area contributed by atoms with Gasteiger partial charge in [0, 0.05) is 23.4 Å². The second kappa shape index (κ2) is 6.44. The molecule has 0 radical (unpaired) electrons. The summed E-state index contributed by atoms with van der Waals surface area (Å²) in [5, 5.41) is 13.9. The van der Waals surface area contributed by atoms with Crippen LogP contribution < -0.4 is 5.32 Å². The van der Waals surface area contributed by atoms with Gasteiger partial charge in [0.2, 0.25) is 0 Å². The minimum atomic E-state index is -0.212. The van der Waals surface area contributed by atoms with Crippen LogP contribution in [0.5, 0.6) is 0 Å². The van der Waals surface area contributed by atoms with Crippen LogP contribution in [0.4, 0.5) is 0 Å². The maximum Gasteiger partial charge on any atom is 0.253 e. The number of nitrogens with one attached hydrogen (secondary N) is 1. The molecule has 110 valence electrons. The standard InChI is InChI=1S/C14H11BrN6O/c15-11-3-4-13(21-9-18-19-20-21)12(6-11)14(22)17-8-10-2-1-5-16-7-10/h1-7,9H,8H2,(H,17,22). The van der Waals surface area contributed by atoms with Gasteiger partial charge in [0.25, 0.3) is 5.91 Å². The number of amides is 1. The van der Waals surface area contributed by atoms with Crippen molar-refractivity contribution in [3.63, 3.8) is 0 Å². The largest absolute Gasteiger partial charge is 0.348 e. The fraction of sp³-hybridized carbons (Fsp3) is 0.0714. The Morgan fingerprint density at radius 3 is 2.95 bits per heavy atom. The van der Waals surface area contributed by atoms with Crippen LogP contribution in [-0.4, -0.2) is 31.1 Å². The first-order valence-corrected chi connectivity index (χ1v) is 7.23. The van der Waals surface area contributed by atoms with Crippen molar-refractivity contribution in [1.82, 2.24) is 30.5 Å². The Morgan fingerprint density at radius 1 is 1.32 bits per heavy atom. The average molecular weight is 359 g/mol. The molecule has 2 aromatic heterocycles. The Balaban J connectivity index is 1.84. The monoisotopic (exact) mass is 358 g/mol. The third kappa shape index (κ3) is 3.17. The summed E-state index contributed by atoms with van der Waals surface area (Å²) >= 11 is 3.37. The van der Waals surface area contributed by atoms with Crippen molar-refractivity contribution in [3.05, 3.63) is 64.7 Å². The van der Waals surface area contributed by atoms with E-state index in [0.29, 0.717) is 17.8 Å². The van der Waals surface area contributed by atoms with E-state index < -0.39 is 0 Å². The summed E-state index contributed by atoms with van der Waals surface area (Å²) < 4.78 is 2.25. The maximum absolute atomic E-state index is 12.5. The highest BCUT2D eigenvalue weighted by Gasteiger charge is 2.14. The van der Waals surface area contributed by atoms with Crippen LogP contribution in [0.25, 0.3) is 5.69 Å². The number of hydrogen-bond donors (Lipinski definition) is 1. The highest BCUT2D eigenvalue weighted by Crippen LogP contribution is 2.19. The minimum absolute atomic E-state index is 0.212. The third-order valence-corrected chi connectivity index (χ3v) is 3.47. The molecule has 1 aromatic carbocycles. The molecule has 0 atom stereocenters. The van der Waals surface area contributed by atoms with E-state index in [4.69, 9.17) is 0 Å². The predicted molar refractivity (Wildman–Crippen MR) is 82.3 cm³/mol. The van der Waals surface area contributed by atoms with Gasteiger partial charge in [0.1, 0.15) is 6.33 Å². The zero-order valence-corrected chi connectivity index (χ0v) is 12.9. The molecule has 0 saturated carbocycles. The lowest BCUT2D eigenvalue weighted by Gasteiger charge is -2.10. The van der Waals surface area contributed by atoms with Crippen LogP contribution in [0.2, 0.25) is 0 Å². The van der Waals surface area contributed by atoms with Crippen molar-refractivity contribution < 1.29 is 4.79 Å². The van der Waals surface area contributed by atoms with Gasteiger partial charge in [-0.05, 0) is 40.3 Å². The van der Waals surface area contributed by atoms with Gasteiger partial charge in [-0.25, -0.2) is 0 Å². The summed E-state index contributed by atoms with van der Waals surface area (Å²) in [6, 6.07) is 9.06. The number of nitrogens with zero attached hydrogens (tertiary/aromatic N) is 5. The second-order valence-corrected chi connectivity index (χ2v) is 5.38. The van der Waals surface area contributed by atoms with Gasteiger partial charge in [-0.3, -0.25) is 9.78 Å². The molecule has 8 heteroatoms. The van der Waals surface area contributed by atoms with Crippen molar-refractivity contribution in [2.24, 2.45) is 0 Å². The molecule has 7 nitrogen and oxygen atoms in total. The number of benzene rings is 1. The zero-order valence-electron chi connectivity index (χ0n) is 11.3. The fourth-order valence-electron chi connectivity index (χ4n) is 1.94. The number of halogens is 1. The van der Waals surface area contributed by atoms with E-state index in [-0.39, 0.29) is 5.91 Å². The molecular formula is C14H11BrN6O. The van der Waals surface area contributed by atoms with Crippen LogP contribution in [-0.2, 0) is 6.54 Å². The molecule has 3 rings (SSSR count). The van der Waals surface area contributed by atoms with E-state index in [1.165, 1.54) is 11.0 Å². The molecule has 0 spiro atoms. The lowest BCUT2D eigenvalue weighted by molar-refractivity contribution is 0.0950. The minimum Gasteiger partial charge on any atom is -0.348 e. The van der Waals surface area contributed by atoms with Crippen molar-refractivity contribution >= 4 is 21.8 Å². The average Bonchev–Trinajstić information content (AvgIpc) is 3.08. The smallest absolute Gasteiger partial charge is 0.253 e. The summed E-state index contributed by atoms with van der Waals surface area (Å²) in [5.74, 6) is -0.212. The van der Waals surface area contributed by atoms with Gasteiger partial charge in [-0.2, -0.15) is 4.68 Å². The van der Waals surface area contributed by atoms with Gasteiger partial charge in [0.05, 0.1) is 11.3 Å². The molecule has 1 amide bonds. The topological polar surface area (TPSA) is 85.6 Å². The van der Waals surface area contributed by atoms with Gasteiger partial charge in [-0.15, -0.1) is 5.10 Å². The Hall–Kier alpha value is -2.61. The first-order chi connectivity index (χ1) is 10.7. The number of hydrogen-bond acceptors (Lipinski definition) is 5. The lowest BCUT2D eigenvalue weighted by atomic mass is 10.1. The Kier molecular flexibility index (Phi) is 4.19. The van der Waals surface area contributed by atoms with Crippen molar-refractivity contribution in [2.45, 2.75) is 6.54 Å². The van der Waals surface area contributed by atoms with Crippen LogP contribution in [0.3, 0.4) is 0 Å².